The maximum Gasteiger partial charge on any atom is 0.306 e. The molecule has 0 aliphatic carbocycles. The van der Waals surface area contributed by atoms with E-state index in [1.54, 1.807) is 0 Å². The molecule has 0 aliphatic rings. The third-order valence-corrected chi connectivity index (χ3v) is 4.32. The van der Waals surface area contributed by atoms with Gasteiger partial charge in [-0.25, -0.2) is 0 Å². The predicted molar refractivity (Wildman–Crippen MR) is 93.0 cm³/mol. The Bertz CT molecular complexity index is 386. The number of hydrogen-bond donors (Lipinski definition) is 0. The number of ether oxygens (including phenoxy) is 1. The number of carbonyl (C=O) groups excluding carboxylic acids is 1. The number of carbonyl (C=O) groups is 1. The number of hydrogen-bond acceptors (Lipinski definition) is 2. The van der Waals surface area contributed by atoms with Gasteiger partial charge in [0.05, 0.1) is 13.5 Å². The molecule has 0 radical (unpaired) electrons. The summed E-state index contributed by atoms with van der Waals surface area (Å²) in [5.41, 5.74) is 1.26. The van der Waals surface area contributed by atoms with E-state index in [1.165, 1.54) is 64.0 Å². The smallest absolute Gasteiger partial charge is 0.306 e. The van der Waals surface area contributed by atoms with Gasteiger partial charge in [-0.3, -0.25) is 4.79 Å². The molecule has 0 aliphatic heterocycles. The topological polar surface area (TPSA) is 26.3 Å². The van der Waals surface area contributed by atoms with Crippen molar-refractivity contribution in [2.24, 2.45) is 0 Å². The van der Waals surface area contributed by atoms with Crippen molar-refractivity contribution in [1.29, 1.82) is 0 Å². The second kappa shape index (κ2) is 12.3. The third-order valence-electron chi connectivity index (χ3n) is 4.32. The van der Waals surface area contributed by atoms with Crippen LogP contribution >= 0.6 is 0 Å². The van der Waals surface area contributed by atoms with E-state index in [1.807, 2.05) is 18.2 Å². The molecule has 0 bridgehead atoms. The van der Waals surface area contributed by atoms with Crippen LogP contribution in [-0.2, 0) is 9.53 Å². The first kappa shape index (κ1) is 18.7. The molecule has 0 heterocycles. The van der Waals surface area contributed by atoms with Gasteiger partial charge in [-0.15, -0.1) is 0 Å². The van der Waals surface area contributed by atoms with Crippen LogP contribution in [0.25, 0.3) is 0 Å². The SMILES string of the molecule is CCCCCCCCCCC(CC(=O)OC)c1ccccc1. The Morgan fingerprint density at radius 3 is 2.14 bits per heavy atom. The summed E-state index contributed by atoms with van der Waals surface area (Å²) >= 11 is 0. The molecule has 0 saturated heterocycles. The van der Waals surface area contributed by atoms with Crippen LogP contribution < -0.4 is 0 Å². The van der Waals surface area contributed by atoms with E-state index >= 15 is 0 Å². The van der Waals surface area contributed by atoms with E-state index in [0.717, 1.165) is 6.42 Å². The van der Waals surface area contributed by atoms with Gasteiger partial charge in [-0.1, -0.05) is 88.6 Å². The van der Waals surface area contributed by atoms with Gasteiger partial charge in [-0.05, 0) is 17.9 Å². The summed E-state index contributed by atoms with van der Waals surface area (Å²) in [6.45, 7) is 2.25. The Kier molecular flexibility index (Phi) is 10.4. The average molecular weight is 304 g/mol. The first-order valence-corrected chi connectivity index (χ1v) is 8.89. The molecule has 0 saturated carbocycles. The first-order chi connectivity index (χ1) is 10.8. The van der Waals surface area contributed by atoms with Gasteiger partial charge >= 0.3 is 5.97 Å². The van der Waals surface area contributed by atoms with Crippen LogP contribution in [0.2, 0.25) is 0 Å². The second-order valence-electron chi connectivity index (χ2n) is 6.15. The van der Waals surface area contributed by atoms with Crippen LogP contribution in [0.5, 0.6) is 0 Å². The molecule has 0 N–H and O–H groups in total. The Morgan fingerprint density at radius 1 is 0.955 bits per heavy atom. The van der Waals surface area contributed by atoms with Crippen LogP contribution in [0.1, 0.15) is 82.6 Å². The zero-order chi connectivity index (χ0) is 16.0. The quantitative estimate of drug-likeness (QED) is 0.357. The van der Waals surface area contributed by atoms with E-state index in [9.17, 15) is 4.79 Å². The summed E-state index contributed by atoms with van der Waals surface area (Å²) in [5.74, 6) is 0.196. The Balaban J connectivity index is 2.28. The minimum absolute atomic E-state index is 0.103. The van der Waals surface area contributed by atoms with Crippen molar-refractivity contribution in [3.63, 3.8) is 0 Å². The molecule has 0 amide bonds. The molecule has 0 spiro atoms. The fraction of sp³-hybridized carbons (Fsp3) is 0.650. The molecule has 0 aromatic heterocycles. The highest BCUT2D eigenvalue weighted by Gasteiger charge is 2.15. The average Bonchev–Trinajstić information content (AvgIpc) is 2.56. The highest BCUT2D eigenvalue weighted by atomic mass is 16.5. The lowest BCUT2D eigenvalue weighted by Gasteiger charge is -2.16. The Labute approximate surface area is 136 Å². The van der Waals surface area contributed by atoms with E-state index in [0.29, 0.717) is 12.3 Å². The molecular weight excluding hydrogens is 272 g/mol. The molecule has 2 nitrogen and oxygen atoms in total. The molecule has 1 aromatic rings. The van der Waals surface area contributed by atoms with Crippen LogP contribution in [0.3, 0.4) is 0 Å². The zero-order valence-corrected chi connectivity index (χ0v) is 14.4. The second-order valence-corrected chi connectivity index (χ2v) is 6.15. The Hall–Kier alpha value is -1.31. The van der Waals surface area contributed by atoms with Crippen molar-refractivity contribution in [3.05, 3.63) is 35.9 Å². The van der Waals surface area contributed by atoms with Gasteiger partial charge < -0.3 is 4.74 Å². The van der Waals surface area contributed by atoms with E-state index < -0.39 is 0 Å². The largest absolute Gasteiger partial charge is 0.469 e. The number of esters is 1. The monoisotopic (exact) mass is 304 g/mol. The number of benzene rings is 1. The molecule has 1 atom stereocenters. The summed E-state index contributed by atoms with van der Waals surface area (Å²) < 4.78 is 4.85. The summed E-state index contributed by atoms with van der Waals surface area (Å²) in [4.78, 5) is 11.6. The van der Waals surface area contributed by atoms with Crippen molar-refractivity contribution >= 4 is 5.97 Å². The van der Waals surface area contributed by atoms with Gasteiger partial charge in [-0.2, -0.15) is 0 Å². The first-order valence-electron chi connectivity index (χ1n) is 8.89. The van der Waals surface area contributed by atoms with Crippen LogP contribution in [-0.4, -0.2) is 13.1 Å². The number of unbranched alkanes of at least 4 members (excludes halogenated alkanes) is 7. The van der Waals surface area contributed by atoms with Gasteiger partial charge in [0.2, 0.25) is 0 Å². The summed E-state index contributed by atoms with van der Waals surface area (Å²) in [6, 6.07) is 10.4. The molecule has 1 aromatic carbocycles. The van der Waals surface area contributed by atoms with E-state index in [-0.39, 0.29) is 5.97 Å². The highest BCUT2D eigenvalue weighted by Crippen LogP contribution is 2.26. The minimum atomic E-state index is -0.103. The minimum Gasteiger partial charge on any atom is -0.469 e. The van der Waals surface area contributed by atoms with E-state index in [2.05, 4.69) is 19.1 Å². The molecular formula is C20H32O2. The molecule has 2 heteroatoms. The molecule has 1 rings (SSSR count). The van der Waals surface area contributed by atoms with Crippen molar-refractivity contribution in [1.82, 2.24) is 0 Å². The lowest BCUT2D eigenvalue weighted by atomic mass is 9.90. The molecule has 124 valence electrons. The Morgan fingerprint density at radius 2 is 1.55 bits per heavy atom. The highest BCUT2D eigenvalue weighted by molar-refractivity contribution is 5.70. The van der Waals surface area contributed by atoms with Crippen molar-refractivity contribution < 1.29 is 9.53 Å². The maximum atomic E-state index is 11.6. The summed E-state index contributed by atoms with van der Waals surface area (Å²) in [5, 5.41) is 0. The lowest BCUT2D eigenvalue weighted by Crippen LogP contribution is -2.09. The van der Waals surface area contributed by atoms with Gasteiger partial charge in [0.1, 0.15) is 0 Å². The predicted octanol–water partition coefficient (Wildman–Crippen LogP) is 5.86. The van der Waals surface area contributed by atoms with Crippen LogP contribution in [0.4, 0.5) is 0 Å². The van der Waals surface area contributed by atoms with Gasteiger partial charge in [0.15, 0.2) is 0 Å². The maximum absolute atomic E-state index is 11.6. The van der Waals surface area contributed by atoms with Gasteiger partial charge in [0.25, 0.3) is 0 Å². The van der Waals surface area contributed by atoms with Crippen LogP contribution in [0, 0.1) is 0 Å². The lowest BCUT2D eigenvalue weighted by molar-refractivity contribution is -0.141. The third kappa shape index (κ3) is 8.21. The molecule has 1 unspecified atom stereocenters. The number of methoxy groups -OCH3 is 1. The molecule has 0 fully saturated rings. The fourth-order valence-corrected chi connectivity index (χ4v) is 2.92. The van der Waals surface area contributed by atoms with Crippen LogP contribution in [0.15, 0.2) is 30.3 Å². The summed E-state index contributed by atoms with van der Waals surface area (Å²) in [6.07, 6.45) is 12.2. The molecule has 22 heavy (non-hydrogen) atoms. The van der Waals surface area contributed by atoms with E-state index in [4.69, 9.17) is 4.74 Å². The van der Waals surface area contributed by atoms with Crippen molar-refractivity contribution in [3.8, 4) is 0 Å². The van der Waals surface area contributed by atoms with Gasteiger partial charge in [0, 0.05) is 0 Å². The van der Waals surface area contributed by atoms with Crippen molar-refractivity contribution in [2.75, 3.05) is 7.11 Å². The van der Waals surface area contributed by atoms with Crippen molar-refractivity contribution in [2.45, 2.75) is 77.0 Å². The standard InChI is InChI=1S/C20H32O2/c1-3-4-5-6-7-8-9-11-16-19(17-20(21)22-2)18-14-12-10-13-15-18/h10,12-15,19H,3-9,11,16-17H2,1-2H3. The summed E-state index contributed by atoms with van der Waals surface area (Å²) in [7, 11) is 1.47. The fourth-order valence-electron chi connectivity index (χ4n) is 2.92. The normalized spacial score (nSPS) is 12.1. The number of rotatable bonds is 12. The zero-order valence-electron chi connectivity index (χ0n) is 14.4.